The van der Waals surface area contributed by atoms with Gasteiger partial charge in [0, 0.05) is 25.7 Å². The van der Waals surface area contributed by atoms with Gasteiger partial charge in [0.1, 0.15) is 23.2 Å². The summed E-state index contributed by atoms with van der Waals surface area (Å²) in [7, 11) is 3.79. The van der Waals surface area contributed by atoms with Crippen molar-refractivity contribution in [1.29, 1.82) is 5.26 Å². The maximum atomic E-state index is 9.07. The van der Waals surface area contributed by atoms with Gasteiger partial charge in [0.15, 0.2) is 5.88 Å². The zero-order valence-corrected chi connectivity index (χ0v) is 11.4. The fourth-order valence-corrected chi connectivity index (χ4v) is 1.61. The summed E-state index contributed by atoms with van der Waals surface area (Å²) in [6.45, 7) is 3.65. The minimum Gasteiger partial charge on any atom is -0.442 e. The minimum absolute atomic E-state index is 0.320. The number of furan rings is 2. The Labute approximate surface area is 111 Å². The molecule has 0 bridgehead atoms. The highest BCUT2D eigenvalue weighted by Crippen LogP contribution is 2.28. The number of hydrogen-bond acceptors (Lipinski definition) is 5. The van der Waals surface area contributed by atoms with Gasteiger partial charge in [-0.1, -0.05) is 0 Å². The van der Waals surface area contributed by atoms with E-state index in [-0.39, 0.29) is 0 Å². The van der Waals surface area contributed by atoms with Gasteiger partial charge < -0.3 is 13.7 Å². The van der Waals surface area contributed by atoms with Gasteiger partial charge in [-0.15, -0.1) is 0 Å². The second-order valence-electron chi connectivity index (χ2n) is 4.40. The smallest absolute Gasteiger partial charge is 0.237 e. The maximum Gasteiger partial charge on any atom is 0.237 e. The molecule has 0 aliphatic carbocycles. The first-order chi connectivity index (χ1) is 9.02. The van der Waals surface area contributed by atoms with Crippen LogP contribution in [0.25, 0.3) is 0 Å². The zero-order chi connectivity index (χ0) is 14.0. The summed E-state index contributed by atoms with van der Waals surface area (Å²) in [4.78, 5) is 6.04. The van der Waals surface area contributed by atoms with Crippen molar-refractivity contribution in [3.63, 3.8) is 0 Å². The molecule has 2 aromatic rings. The Kier molecular flexibility index (Phi) is 3.43. The van der Waals surface area contributed by atoms with Crippen LogP contribution < -0.4 is 4.90 Å². The third kappa shape index (κ3) is 2.52. The SMILES string of the molecule is Cc1oc(N=Cc2ccc(N(C)C)o2)c(C#N)c1C. The molecule has 0 aromatic carbocycles. The number of anilines is 1. The van der Waals surface area contributed by atoms with E-state index < -0.39 is 0 Å². The van der Waals surface area contributed by atoms with E-state index in [0.29, 0.717) is 23.0 Å². The number of aliphatic imine (C=N–C) groups is 1. The van der Waals surface area contributed by atoms with Crippen LogP contribution in [0.5, 0.6) is 0 Å². The number of rotatable bonds is 3. The number of hydrogen-bond donors (Lipinski definition) is 0. The summed E-state index contributed by atoms with van der Waals surface area (Å²) in [5.74, 6) is 2.38. The Morgan fingerprint density at radius 3 is 2.58 bits per heavy atom. The first-order valence-electron chi connectivity index (χ1n) is 5.84. The fourth-order valence-electron chi connectivity index (χ4n) is 1.61. The van der Waals surface area contributed by atoms with Gasteiger partial charge in [-0.3, -0.25) is 0 Å². The lowest BCUT2D eigenvalue weighted by atomic mass is 10.2. The Morgan fingerprint density at radius 2 is 2.00 bits per heavy atom. The normalized spacial score (nSPS) is 10.9. The molecule has 0 saturated heterocycles. The van der Waals surface area contributed by atoms with Gasteiger partial charge in [0.05, 0.1) is 6.21 Å². The average Bonchev–Trinajstić information content (AvgIpc) is 2.93. The van der Waals surface area contributed by atoms with E-state index in [1.807, 2.05) is 45.0 Å². The first kappa shape index (κ1) is 13.0. The monoisotopic (exact) mass is 257 g/mol. The zero-order valence-electron chi connectivity index (χ0n) is 11.4. The van der Waals surface area contributed by atoms with E-state index in [4.69, 9.17) is 14.1 Å². The molecule has 19 heavy (non-hydrogen) atoms. The van der Waals surface area contributed by atoms with Crippen molar-refractivity contribution < 1.29 is 8.83 Å². The second kappa shape index (κ2) is 5.02. The molecule has 98 valence electrons. The predicted molar refractivity (Wildman–Crippen MR) is 73.2 cm³/mol. The maximum absolute atomic E-state index is 9.07. The van der Waals surface area contributed by atoms with Gasteiger partial charge in [-0.05, 0) is 19.9 Å². The molecule has 0 fully saturated rings. The molecule has 5 heteroatoms. The molecule has 0 aliphatic rings. The second-order valence-corrected chi connectivity index (χ2v) is 4.40. The van der Waals surface area contributed by atoms with E-state index in [2.05, 4.69) is 11.1 Å². The molecule has 2 aromatic heterocycles. The summed E-state index contributed by atoms with van der Waals surface area (Å²) in [5.41, 5.74) is 1.29. The van der Waals surface area contributed by atoms with Crippen LogP contribution in [-0.2, 0) is 0 Å². The van der Waals surface area contributed by atoms with Crippen molar-refractivity contribution in [2.45, 2.75) is 13.8 Å². The standard InChI is InChI=1S/C14H15N3O2/c1-9-10(2)18-14(12(9)7-15)16-8-11-5-6-13(19-11)17(3)4/h5-6,8H,1-4H3. The average molecular weight is 257 g/mol. The molecular formula is C14H15N3O2. The van der Waals surface area contributed by atoms with Gasteiger partial charge >= 0.3 is 0 Å². The molecular weight excluding hydrogens is 242 g/mol. The van der Waals surface area contributed by atoms with E-state index in [1.165, 1.54) is 0 Å². The number of aryl methyl sites for hydroxylation is 1. The van der Waals surface area contributed by atoms with E-state index >= 15 is 0 Å². The summed E-state index contributed by atoms with van der Waals surface area (Å²) < 4.78 is 11.0. The summed E-state index contributed by atoms with van der Waals surface area (Å²) in [6.07, 6.45) is 1.55. The van der Waals surface area contributed by atoms with Crippen LogP contribution in [0.15, 0.2) is 26.0 Å². The lowest BCUT2D eigenvalue weighted by Gasteiger charge is -2.05. The van der Waals surface area contributed by atoms with Crippen LogP contribution in [0.4, 0.5) is 11.8 Å². The van der Waals surface area contributed by atoms with E-state index in [0.717, 1.165) is 11.4 Å². The summed E-state index contributed by atoms with van der Waals surface area (Å²) in [6, 6.07) is 5.76. The van der Waals surface area contributed by atoms with Crippen LogP contribution in [0.2, 0.25) is 0 Å². The van der Waals surface area contributed by atoms with Crippen LogP contribution >= 0.6 is 0 Å². The molecule has 0 radical (unpaired) electrons. The topological polar surface area (TPSA) is 65.7 Å². The van der Waals surface area contributed by atoms with Gasteiger partial charge in [-0.25, -0.2) is 4.99 Å². The van der Waals surface area contributed by atoms with E-state index in [9.17, 15) is 0 Å². The predicted octanol–water partition coefficient (Wildman–Crippen LogP) is 3.18. The van der Waals surface area contributed by atoms with Crippen molar-refractivity contribution >= 4 is 18.0 Å². The van der Waals surface area contributed by atoms with Crippen molar-refractivity contribution in [3.05, 3.63) is 34.8 Å². The third-order valence-corrected chi connectivity index (χ3v) is 2.84. The Balaban J connectivity index is 2.28. The molecule has 0 spiro atoms. The Morgan fingerprint density at radius 1 is 1.26 bits per heavy atom. The largest absolute Gasteiger partial charge is 0.442 e. The molecule has 0 saturated carbocycles. The molecule has 5 nitrogen and oxygen atoms in total. The summed E-state index contributed by atoms with van der Waals surface area (Å²) >= 11 is 0. The van der Waals surface area contributed by atoms with Crippen molar-refractivity contribution in [3.8, 4) is 6.07 Å². The molecule has 0 atom stereocenters. The molecule has 2 rings (SSSR count). The minimum atomic E-state index is 0.320. The van der Waals surface area contributed by atoms with Crippen molar-refractivity contribution in [2.24, 2.45) is 4.99 Å². The Hall–Kier alpha value is -2.48. The highest BCUT2D eigenvalue weighted by atomic mass is 16.4. The highest BCUT2D eigenvalue weighted by Gasteiger charge is 2.13. The molecule has 0 unspecified atom stereocenters. The Bertz CT molecular complexity index is 657. The molecule has 0 amide bonds. The van der Waals surface area contributed by atoms with Gasteiger partial charge in [0.2, 0.25) is 5.88 Å². The van der Waals surface area contributed by atoms with Crippen LogP contribution in [0.3, 0.4) is 0 Å². The quantitative estimate of drug-likeness (QED) is 0.792. The van der Waals surface area contributed by atoms with Crippen molar-refractivity contribution in [1.82, 2.24) is 0 Å². The number of nitriles is 1. The highest BCUT2D eigenvalue weighted by molar-refractivity contribution is 5.79. The first-order valence-corrected chi connectivity index (χ1v) is 5.84. The van der Waals surface area contributed by atoms with Crippen LogP contribution in [-0.4, -0.2) is 20.3 Å². The van der Waals surface area contributed by atoms with Crippen molar-refractivity contribution in [2.75, 3.05) is 19.0 Å². The number of nitrogens with zero attached hydrogens (tertiary/aromatic N) is 3. The fraction of sp³-hybridized carbons (Fsp3) is 0.286. The molecule has 0 N–H and O–H groups in total. The van der Waals surface area contributed by atoms with Crippen LogP contribution in [0, 0.1) is 25.2 Å². The molecule has 2 heterocycles. The summed E-state index contributed by atoms with van der Waals surface area (Å²) in [5, 5.41) is 9.07. The van der Waals surface area contributed by atoms with E-state index in [1.54, 1.807) is 6.21 Å². The van der Waals surface area contributed by atoms with Crippen LogP contribution in [0.1, 0.15) is 22.6 Å². The van der Waals surface area contributed by atoms with Gasteiger partial charge in [0.25, 0.3) is 0 Å². The third-order valence-electron chi connectivity index (χ3n) is 2.84. The molecule has 0 aliphatic heterocycles. The van der Waals surface area contributed by atoms with Gasteiger partial charge in [-0.2, -0.15) is 5.26 Å². The lowest BCUT2D eigenvalue weighted by Crippen LogP contribution is -2.06. The lowest BCUT2D eigenvalue weighted by molar-refractivity contribution is 0.539.